The van der Waals surface area contributed by atoms with Gasteiger partial charge in [0.25, 0.3) is 0 Å². The predicted molar refractivity (Wildman–Crippen MR) is 91.1 cm³/mol. The molecule has 1 aromatic rings. The van der Waals surface area contributed by atoms with E-state index in [0.29, 0.717) is 0 Å². The molecule has 22 heavy (non-hydrogen) atoms. The molecule has 2 rings (SSSR count). The summed E-state index contributed by atoms with van der Waals surface area (Å²) in [6.07, 6.45) is 5.26. The van der Waals surface area contributed by atoms with Crippen LogP contribution < -0.4 is 20.8 Å². The van der Waals surface area contributed by atoms with Gasteiger partial charge in [-0.15, -0.1) is 0 Å². The number of guanidine groups is 1. The van der Waals surface area contributed by atoms with Crippen LogP contribution in [0.15, 0.2) is 23.3 Å². The van der Waals surface area contributed by atoms with Gasteiger partial charge in [-0.25, -0.2) is 5.43 Å². The zero-order valence-electron chi connectivity index (χ0n) is 13.3. The molecule has 0 spiro atoms. The van der Waals surface area contributed by atoms with Gasteiger partial charge in [0, 0.05) is 30.9 Å². The van der Waals surface area contributed by atoms with Crippen LogP contribution in [0.1, 0.15) is 37.7 Å². The highest BCUT2D eigenvalue weighted by Gasteiger charge is 2.21. The fraction of sp³-hybridized carbons (Fsp3) is 0.500. The standard InChI is InChI=1S/C16H25N5O/c1-3-4-5-8-18-16(17)21-20-11-12-10-19-15-7-6-13(22-2)9-14(12)15/h6-7,9,11-12,19H,3-5,8,10H2,1-2H3,(H3,17,18,21)/b20-11+. The molecule has 1 aliphatic heterocycles. The first kappa shape index (κ1) is 16.1. The lowest BCUT2D eigenvalue weighted by molar-refractivity contribution is 0.414. The second-order valence-electron chi connectivity index (χ2n) is 5.34. The molecular formula is C16H25N5O. The molecule has 1 aromatic carbocycles. The van der Waals surface area contributed by atoms with Crippen LogP contribution in [0.2, 0.25) is 0 Å². The summed E-state index contributed by atoms with van der Waals surface area (Å²) < 4.78 is 5.26. The Labute approximate surface area is 131 Å². The van der Waals surface area contributed by atoms with Crippen molar-refractivity contribution in [3.8, 4) is 5.75 Å². The molecule has 1 heterocycles. The predicted octanol–water partition coefficient (Wildman–Crippen LogP) is 2.49. The van der Waals surface area contributed by atoms with Crippen LogP contribution in [0, 0.1) is 5.41 Å². The van der Waals surface area contributed by atoms with Crippen molar-refractivity contribution in [2.45, 2.75) is 32.1 Å². The van der Waals surface area contributed by atoms with Crippen molar-refractivity contribution in [2.24, 2.45) is 5.10 Å². The van der Waals surface area contributed by atoms with Crippen LogP contribution in [0.3, 0.4) is 0 Å². The molecule has 0 fully saturated rings. The fourth-order valence-corrected chi connectivity index (χ4v) is 2.42. The number of nitrogens with one attached hydrogen (secondary N) is 4. The number of hydrazone groups is 1. The minimum Gasteiger partial charge on any atom is -0.497 e. The summed E-state index contributed by atoms with van der Waals surface area (Å²) in [6.45, 7) is 3.78. The van der Waals surface area contributed by atoms with E-state index in [0.717, 1.165) is 30.9 Å². The van der Waals surface area contributed by atoms with Crippen LogP contribution in [0.5, 0.6) is 5.75 Å². The number of benzene rings is 1. The fourth-order valence-electron chi connectivity index (χ4n) is 2.42. The zero-order chi connectivity index (χ0) is 15.8. The van der Waals surface area contributed by atoms with Gasteiger partial charge in [-0.1, -0.05) is 19.8 Å². The van der Waals surface area contributed by atoms with Crippen molar-refractivity contribution in [2.75, 3.05) is 25.5 Å². The molecule has 6 nitrogen and oxygen atoms in total. The van der Waals surface area contributed by atoms with Crippen molar-refractivity contribution in [3.05, 3.63) is 23.8 Å². The minimum absolute atomic E-state index is 0.186. The Balaban J connectivity index is 1.81. The third-order valence-electron chi connectivity index (χ3n) is 3.68. The third kappa shape index (κ3) is 4.38. The smallest absolute Gasteiger partial charge is 0.209 e. The van der Waals surface area contributed by atoms with Gasteiger partial charge >= 0.3 is 0 Å². The van der Waals surface area contributed by atoms with E-state index in [1.54, 1.807) is 7.11 Å². The molecule has 0 saturated heterocycles. The SMILES string of the molecule is CCCCCNC(=N)N/N=C/C1CNc2ccc(OC)cc21. The van der Waals surface area contributed by atoms with E-state index in [1.165, 1.54) is 18.4 Å². The van der Waals surface area contributed by atoms with E-state index in [1.807, 2.05) is 24.4 Å². The largest absolute Gasteiger partial charge is 0.497 e. The number of unbranched alkanes of at least 4 members (excludes halogenated alkanes) is 2. The van der Waals surface area contributed by atoms with Crippen molar-refractivity contribution in [1.29, 1.82) is 5.41 Å². The molecule has 0 bridgehead atoms. The summed E-state index contributed by atoms with van der Waals surface area (Å²) in [4.78, 5) is 0. The lowest BCUT2D eigenvalue weighted by Gasteiger charge is -2.08. The minimum atomic E-state index is 0.186. The molecule has 0 aromatic heterocycles. The Hall–Kier alpha value is -2.24. The lowest BCUT2D eigenvalue weighted by atomic mass is 10.0. The number of nitrogens with zero attached hydrogens (tertiary/aromatic N) is 1. The summed E-state index contributed by atoms with van der Waals surface area (Å²) in [7, 11) is 1.67. The monoisotopic (exact) mass is 303 g/mol. The average Bonchev–Trinajstić information content (AvgIpc) is 2.94. The van der Waals surface area contributed by atoms with E-state index in [-0.39, 0.29) is 11.9 Å². The van der Waals surface area contributed by atoms with Gasteiger partial charge in [0.05, 0.1) is 7.11 Å². The molecule has 4 N–H and O–H groups in total. The van der Waals surface area contributed by atoms with Gasteiger partial charge < -0.3 is 15.4 Å². The van der Waals surface area contributed by atoms with E-state index >= 15 is 0 Å². The van der Waals surface area contributed by atoms with Crippen LogP contribution in [-0.2, 0) is 0 Å². The highest BCUT2D eigenvalue weighted by atomic mass is 16.5. The average molecular weight is 303 g/mol. The highest BCUT2D eigenvalue weighted by molar-refractivity contribution is 5.80. The Bertz CT molecular complexity index is 529. The van der Waals surface area contributed by atoms with Gasteiger partial charge in [0.15, 0.2) is 0 Å². The zero-order valence-corrected chi connectivity index (χ0v) is 13.3. The van der Waals surface area contributed by atoms with Gasteiger partial charge in [-0.2, -0.15) is 5.10 Å². The Morgan fingerprint density at radius 1 is 1.50 bits per heavy atom. The number of fused-ring (bicyclic) bond motifs is 1. The van der Waals surface area contributed by atoms with Crippen molar-refractivity contribution in [3.63, 3.8) is 0 Å². The molecule has 0 saturated carbocycles. The van der Waals surface area contributed by atoms with E-state index in [9.17, 15) is 0 Å². The van der Waals surface area contributed by atoms with Gasteiger partial charge in [0.2, 0.25) is 5.96 Å². The summed E-state index contributed by atoms with van der Waals surface area (Å²) in [5.41, 5.74) is 5.02. The Morgan fingerprint density at radius 3 is 3.14 bits per heavy atom. The number of methoxy groups -OCH3 is 1. The Morgan fingerprint density at radius 2 is 2.36 bits per heavy atom. The first-order valence-corrected chi connectivity index (χ1v) is 7.78. The molecule has 0 radical (unpaired) electrons. The Kier molecular flexibility index (Phi) is 6.06. The second kappa shape index (κ2) is 8.26. The molecule has 0 aliphatic carbocycles. The molecular weight excluding hydrogens is 278 g/mol. The van der Waals surface area contributed by atoms with Crippen LogP contribution in [0.4, 0.5) is 5.69 Å². The number of hydrogen-bond donors (Lipinski definition) is 4. The maximum atomic E-state index is 7.74. The normalized spacial score (nSPS) is 16.2. The summed E-state index contributed by atoms with van der Waals surface area (Å²) >= 11 is 0. The number of ether oxygens (including phenoxy) is 1. The molecule has 6 heteroatoms. The van der Waals surface area contributed by atoms with Crippen molar-refractivity contribution >= 4 is 17.9 Å². The second-order valence-corrected chi connectivity index (χ2v) is 5.34. The topological polar surface area (TPSA) is 81.5 Å². The molecule has 1 aliphatic rings. The van der Waals surface area contributed by atoms with Crippen LogP contribution in [0.25, 0.3) is 0 Å². The van der Waals surface area contributed by atoms with E-state index < -0.39 is 0 Å². The van der Waals surface area contributed by atoms with Gasteiger partial charge in [-0.05, 0) is 30.2 Å². The summed E-state index contributed by atoms with van der Waals surface area (Å²) in [5, 5.41) is 18.2. The third-order valence-corrected chi connectivity index (χ3v) is 3.68. The summed E-state index contributed by atoms with van der Waals surface area (Å²) in [5.74, 6) is 1.27. The maximum Gasteiger partial charge on any atom is 0.209 e. The highest BCUT2D eigenvalue weighted by Crippen LogP contribution is 2.33. The van der Waals surface area contributed by atoms with Crippen molar-refractivity contribution < 1.29 is 4.74 Å². The molecule has 120 valence electrons. The molecule has 1 unspecified atom stereocenters. The first-order chi connectivity index (χ1) is 10.7. The summed E-state index contributed by atoms with van der Waals surface area (Å²) in [6, 6.07) is 5.99. The van der Waals surface area contributed by atoms with E-state index in [4.69, 9.17) is 10.1 Å². The lowest BCUT2D eigenvalue weighted by Crippen LogP contribution is -2.33. The first-order valence-electron chi connectivity index (χ1n) is 7.78. The molecule has 0 amide bonds. The van der Waals surface area contributed by atoms with Crippen LogP contribution in [-0.4, -0.2) is 32.4 Å². The van der Waals surface area contributed by atoms with Crippen molar-refractivity contribution in [1.82, 2.24) is 10.7 Å². The van der Waals surface area contributed by atoms with E-state index in [2.05, 4.69) is 28.1 Å². The number of rotatable bonds is 7. The van der Waals surface area contributed by atoms with Gasteiger partial charge in [-0.3, -0.25) is 5.41 Å². The quantitative estimate of drug-likeness (QED) is 0.270. The van der Waals surface area contributed by atoms with Crippen LogP contribution >= 0.6 is 0 Å². The molecule has 1 atom stereocenters. The number of hydrogen-bond acceptors (Lipinski definition) is 4. The maximum absolute atomic E-state index is 7.74. The number of anilines is 1. The van der Waals surface area contributed by atoms with Gasteiger partial charge in [0.1, 0.15) is 5.75 Å².